The molecule has 0 aliphatic carbocycles. The molecule has 0 heterocycles. The number of rotatable bonds is 38. The first-order valence-corrected chi connectivity index (χ1v) is 21.5. The van der Waals surface area contributed by atoms with E-state index in [4.69, 9.17) is 8.74 Å². The monoisotopic (exact) mass is 645 g/mol. The molecule has 0 spiro atoms. The Balaban J connectivity index is 3.64. The van der Waals surface area contributed by atoms with E-state index in [1.165, 1.54) is 199 Å². The van der Waals surface area contributed by atoms with Crippen LogP contribution in [0.3, 0.4) is 0 Å². The van der Waals surface area contributed by atoms with Gasteiger partial charge in [0, 0.05) is 0 Å². The van der Waals surface area contributed by atoms with E-state index in [0.29, 0.717) is 0 Å². The molecular formula is C39H80O4S. The van der Waals surface area contributed by atoms with Gasteiger partial charge in [-0.15, -0.1) is 0 Å². The molecule has 4 nitrogen and oxygen atoms in total. The van der Waals surface area contributed by atoms with E-state index in [1.807, 2.05) is 0 Å². The van der Waals surface area contributed by atoms with Crippen LogP contribution in [0.25, 0.3) is 0 Å². The van der Waals surface area contributed by atoms with E-state index >= 15 is 0 Å². The van der Waals surface area contributed by atoms with Crippen LogP contribution in [0.2, 0.25) is 0 Å². The van der Waals surface area contributed by atoms with E-state index in [9.17, 15) is 8.42 Å². The van der Waals surface area contributed by atoms with Crippen LogP contribution in [0, 0.1) is 5.92 Å². The van der Waals surface area contributed by atoms with E-state index < -0.39 is 10.4 Å². The molecule has 0 aliphatic rings. The fourth-order valence-electron chi connectivity index (χ4n) is 6.63. The van der Waals surface area contributed by atoms with Gasteiger partial charge in [0.25, 0.3) is 0 Å². The summed E-state index contributed by atoms with van der Waals surface area (Å²) >= 11 is 0. The second-order valence-corrected chi connectivity index (χ2v) is 15.2. The summed E-state index contributed by atoms with van der Waals surface area (Å²) in [6.45, 7) is 4.70. The van der Waals surface area contributed by atoms with Gasteiger partial charge in [0.15, 0.2) is 0 Å². The molecule has 0 saturated carbocycles. The van der Waals surface area contributed by atoms with Crippen molar-refractivity contribution >= 4 is 10.4 Å². The summed E-state index contributed by atoms with van der Waals surface area (Å²) in [5, 5.41) is 0. The van der Waals surface area contributed by atoms with E-state index in [-0.39, 0.29) is 12.5 Å². The maximum atomic E-state index is 11.1. The highest BCUT2D eigenvalue weighted by Crippen LogP contribution is 2.21. The molecule has 1 unspecified atom stereocenters. The Morgan fingerprint density at radius 3 is 0.795 bits per heavy atom. The molecule has 0 aromatic heterocycles. The molecule has 5 heteroatoms. The Labute approximate surface area is 278 Å². The highest BCUT2D eigenvalue weighted by molar-refractivity contribution is 7.80. The van der Waals surface area contributed by atoms with E-state index in [1.54, 1.807) is 0 Å². The standard InChI is InChI=1S/C39H80O4S/c1-3-5-7-9-11-13-15-17-19-21-23-25-27-29-31-33-35-37-39(38-43-44(40,41)42)36-34-32-30-28-26-24-22-20-18-16-14-12-10-8-6-4-2/h39H,3-38H2,1-2H3,(H,40,41,42). The van der Waals surface area contributed by atoms with Crippen LogP contribution < -0.4 is 0 Å². The zero-order valence-corrected chi connectivity index (χ0v) is 30.9. The first kappa shape index (κ1) is 43.9. The van der Waals surface area contributed by atoms with Crippen molar-refractivity contribution in [1.29, 1.82) is 0 Å². The number of hydrogen-bond donors (Lipinski definition) is 1. The van der Waals surface area contributed by atoms with Gasteiger partial charge < -0.3 is 0 Å². The molecule has 0 aliphatic heterocycles. The van der Waals surface area contributed by atoms with Crippen LogP contribution in [0.5, 0.6) is 0 Å². The van der Waals surface area contributed by atoms with Gasteiger partial charge >= 0.3 is 10.4 Å². The summed E-state index contributed by atoms with van der Waals surface area (Å²) in [4.78, 5) is 0. The van der Waals surface area contributed by atoms with Gasteiger partial charge in [0.2, 0.25) is 0 Å². The highest BCUT2D eigenvalue weighted by atomic mass is 32.3. The van der Waals surface area contributed by atoms with E-state index in [0.717, 1.165) is 25.7 Å². The lowest BCUT2D eigenvalue weighted by Gasteiger charge is -2.16. The Morgan fingerprint density at radius 1 is 0.386 bits per heavy atom. The van der Waals surface area contributed by atoms with Gasteiger partial charge in [-0.1, -0.05) is 226 Å². The summed E-state index contributed by atoms with van der Waals surface area (Å²) in [6, 6.07) is 0. The third-order valence-electron chi connectivity index (χ3n) is 9.63. The van der Waals surface area contributed by atoms with Crippen molar-refractivity contribution in [3.63, 3.8) is 0 Å². The quantitative estimate of drug-likeness (QED) is 0.0536. The van der Waals surface area contributed by atoms with Crippen molar-refractivity contribution < 1.29 is 17.2 Å². The van der Waals surface area contributed by atoms with Crippen LogP contribution in [-0.4, -0.2) is 19.6 Å². The van der Waals surface area contributed by atoms with Crippen LogP contribution in [0.15, 0.2) is 0 Å². The second-order valence-electron chi connectivity index (χ2n) is 14.1. The molecule has 0 fully saturated rings. The van der Waals surface area contributed by atoms with Crippen molar-refractivity contribution in [2.75, 3.05) is 6.61 Å². The predicted octanol–water partition coefficient (Wildman–Crippen LogP) is 14.1. The lowest BCUT2D eigenvalue weighted by molar-refractivity contribution is 0.204. The predicted molar refractivity (Wildman–Crippen MR) is 194 cm³/mol. The molecule has 0 amide bonds. The largest absolute Gasteiger partial charge is 0.397 e. The average molecular weight is 645 g/mol. The lowest BCUT2D eigenvalue weighted by Crippen LogP contribution is -2.14. The molecule has 44 heavy (non-hydrogen) atoms. The zero-order valence-electron chi connectivity index (χ0n) is 30.1. The van der Waals surface area contributed by atoms with Crippen molar-refractivity contribution in [2.45, 2.75) is 239 Å². The van der Waals surface area contributed by atoms with Crippen molar-refractivity contribution in [1.82, 2.24) is 0 Å². The van der Waals surface area contributed by atoms with Gasteiger partial charge in [-0.25, -0.2) is 4.18 Å². The third kappa shape index (κ3) is 38.1. The van der Waals surface area contributed by atoms with Gasteiger partial charge in [-0.3, -0.25) is 4.55 Å². The first-order chi connectivity index (χ1) is 21.5. The molecule has 0 rings (SSSR count). The van der Waals surface area contributed by atoms with Crippen molar-refractivity contribution in [2.24, 2.45) is 5.92 Å². The summed E-state index contributed by atoms with van der Waals surface area (Å²) < 4.78 is 36.1. The SMILES string of the molecule is CCCCCCCCCCCCCCCCCCCC(CCCCCCCCCCCCCCCCCC)COS(=O)(=O)O. The van der Waals surface area contributed by atoms with Crippen molar-refractivity contribution in [3.8, 4) is 0 Å². The molecule has 0 radical (unpaired) electrons. The highest BCUT2D eigenvalue weighted by Gasteiger charge is 2.13. The summed E-state index contributed by atoms with van der Waals surface area (Å²) in [5.74, 6) is 0.236. The van der Waals surface area contributed by atoms with Gasteiger partial charge in [0.05, 0.1) is 6.61 Å². The minimum atomic E-state index is -4.34. The van der Waals surface area contributed by atoms with Crippen LogP contribution in [0.1, 0.15) is 239 Å². The summed E-state index contributed by atoms with van der Waals surface area (Å²) in [5.41, 5.74) is 0. The fourth-order valence-corrected chi connectivity index (χ4v) is 7.00. The van der Waals surface area contributed by atoms with Crippen LogP contribution >= 0.6 is 0 Å². The topological polar surface area (TPSA) is 63.6 Å². The Kier molecular flexibility index (Phi) is 35.6. The number of unbranched alkanes of at least 4 members (excludes halogenated alkanes) is 31. The zero-order chi connectivity index (χ0) is 32.2. The van der Waals surface area contributed by atoms with Crippen LogP contribution in [-0.2, 0) is 14.6 Å². The Morgan fingerprint density at radius 2 is 0.591 bits per heavy atom. The smallest absolute Gasteiger partial charge is 0.264 e. The fraction of sp³-hybridized carbons (Fsp3) is 1.00. The molecule has 266 valence electrons. The normalized spacial score (nSPS) is 12.7. The van der Waals surface area contributed by atoms with Crippen LogP contribution in [0.4, 0.5) is 0 Å². The second kappa shape index (κ2) is 35.7. The van der Waals surface area contributed by atoms with E-state index in [2.05, 4.69) is 13.8 Å². The van der Waals surface area contributed by atoms with Gasteiger partial charge in [0.1, 0.15) is 0 Å². The lowest BCUT2D eigenvalue weighted by atomic mass is 9.94. The maximum absolute atomic E-state index is 11.1. The molecule has 1 atom stereocenters. The first-order valence-electron chi connectivity index (χ1n) is 20.1. The molecule has 0 aromatic carbocycles. The summed E-state index contributed by atoms with van der Waals surface area (Å²) in [6.07, 6.45) is 47.1. The number of hydrogen-bond acceptors (Lipinski definition) is 3. The maximum Gasteiger partial charge on any atom is 0.397 e. The summed E-state index contributed by atoms with van der Waals surface area (Å²) in [7, 11) is -4.34. The molecule has 0 saturated heterocycles. The minimum Gasteiger partial charge on any atom is -0.264 e. The Hall–Kier alpha value is -0.130. The molecule has 0 aromatic rings. The molecule has 0 bridgehead atoms. The van der Waals surface area contributed by atoms with Gasteiger partial charge in [-0.05, 0) is 18.8 Å². The van der Waals surface area contributed by atoms with Crippen molar-refractivity contribution in [3.05, 3.63) is 0 Å². The Bertz CT molecular complexity index is 636. The minimum absolute atomic E-state index is 0.135. The molecular weight excluding hydrogens is 564 g/mol. The van der Waals surface area contributed by atoms with Gasteiger partial charge in [-0.2, -0.15) is 8.42 Å². The third-order valence-corrected chi connectivity index (χ3v) is 10.1. The average Bonchev–Trinajstić information content (AvgIpc) is 3.00. The molecule has 1 N–H and O–H groups in total.